The fourth-order valence-corrected chi connectivity index (χ4v) is 6.62. The minimum atomic E-state index is -0.00555. The second-order valence-electron chi connectivity index (χ2n) is 12.2. The number of ether oxygens (including phenoxy) is 3. The van der Waals surface area contributed by atoms with Crippen LogP contribution in [0.3, 0.4) is 0 Å². The molecule has 2 N–H and O–H groups in total. The van der Waals surface area contributed by atoms with Crippen LogP contribution in [-0.4, -0.2) is 62.3 Å². The fourth-order valence-electron chi connectivity index (χ4n) is 6.62. The van der Waals surface area contributed by atoms with Gasteiger partial charge in [0, 0.05) is 41.0 Å². The Balaban J connectivity index is 0.000000234. The van der Waals surface area contributed by atoms with E-state index in [1.165, 1.54) is 57.3 Å². The highest BCUT2D eigenvalue weighted by molar-refractivity contribution is 5.99. The summed E-state index contributed by atoms with van der Waals surface area (Å²) in [5, 5.41) is 4.20. The van der Waals surface area contributed by atoms with E-state index in [2.05, 4.69) is 35.1 Å². The molecule has 6 rings (SSSR count). The van der Waals surface area contributed by atoms with Crippen LogP contribution in [0.4, 0.5) is 0 Å². The third kappa shape index (κ3) is 7.37. The van der Waals surface area contributed by atoms with Gasteiger partial charge in [0.1, 0.15) is 22.9 Å². The number of rotatable bonds is 7. The molecule has 3 aliphatic rings. The predicted molar refractivity (Wildman–Crippen MR) is 164 cm³/mol. The zero-order chi connectivity index (χ0) is 28.8. The second-order valence-corrected chi connectivity index (χ2v) is 12.2. The molecule has 1 unspecified atom stereocenters. The topological polar surface area (TPSA) is 75.8 Å². The van der Waals surface area contributed by atoms with Crippen LogP contribution in [0, 0.1) is 11.8 Å². The SMILES string of the molecule is COc1ccc2c(c1)OCC2C.COc1cccc2[nH]c(C(=O)NC3CCC(CCN4CCC[C@@H](C)C4)CC3)cc12. The molecule has 41 heavy (non-hydrogen) atoms. The maximum Gasteiger partial charge on any atom is 0.267 e. The number of aromatic amines is 1. The fraction of sp³-hybridized carbons (Fsp3) is 0.559. The minimum absolute atomic E-state index is 0.00555. The molecule has 1 saturated carbocycles. The summed E-state index contributed by atoms with van der Waals surface area (Å²) in [5.41, 5.74) is 2.84. The number of aromatic nitrogens is 1. The van der Waals surface area contributed by atoms with Crippen molar-refractivity contribution in [3.05, 3.63) is 53.7 Å². The number of hydrogen-bond acceptors (Lipinski definition) is 5. The summed E-state index contributed by atoms with van der Waals surface area (Å²) >= 11 is 0. The Bertz CT molecular complexity index is 1300. The summed E-state index contributed by atoms with van der Waals surface area (Å²) in [6, 6.07) is 14.0. The van der Waals surface area contributed by atoms with Crippen molar-refractivity contribution in [3.8, 4) is 17.2 Å². The third-order valence-electron chi connectivity index (χ3n) is 9.11. The van der Waals surface area contributed by atoms with E-state index < -0.39 is 0 Å². The largest absolute Gasteiger partial charge is 0.497 e. The average Bonchev–Trinajstić information content (AvgIpc) is 3.60. The number of carbonyl (C=O) groups is 1. The van der Waals surface area contributed by atoms with Gasteiger partial charge in [-0.15, -0.1) is 0 Å². The Kier molecular flexibility index (Phi) is 9.76. The maximum atomic E-state index is 12.7. The lowest BCUT2D eigenvalue weighted by molar-refractivity contribution is 0.0914. The number of fused-ring (bicyclic) bond motifs is 2. The van der Waals surface area contributed by atoms with Gasteiger partial charge in [0.05, 0.1) is 20.8 Å². The number of nitrogens with zero attached hydrogens (tertiary/aromatic N) is 1. The molecule has 3 heterocycles. The predicted octanol–water partition coefficient (Wildman–Crippen LogP) is 6.78. The molecular weight excluding hydrogens is 514 g/mol. The van der Waals surface area contributed by atoms with Gasteiger partial charge in [-0.05, 0) is 94.1 Å². The van der Waals surface area contributed by atoms with Gasteiger partial charge >= 0.3 is 0 Å². The number of amides is 1. The highest BCUT2D eigenvalue weighted by Gasteiger charge is 2.25. The third-order valence-corrected chi connectivity index (χ3v) is 9.11. The van der Waals surface area contributed by atoms with E-state index in [0.29, 0.717) is 17.7 Å². The molecule has 0 bridgehead atoms. The highest BCUT2D eigenvalue weighted by atomic mass is 16.5. The average molecular weight is 562 g/mol. The quantitative estimate of drug-likeness (QED) is 0.333. The van der Waals surface area contributed by atoms with Gasteiger partial charge in [0.15, 0.2) is 0 Å². The van der Waals surface area contributed by atoms with Crippen molar-refractivity contribution in [1.82, 2.24) is 15.2 Å². The molecule has 2 atom stereocenters. The van der Waals surface area contributed by atoms with E-state index in [1.54, 1.807) is 14.2 Å². The van der Waals surface area contributed by atoms with E-state index in [4.69, 9.17) is 14.2 Å². The number of nitrogens with one attached hydrogen (secondary N) is 2. The van der Waals surface area contributed by atoms with Crippen LogP contribution >= 0.6 is 0 Å². The van der Waals surface area contributed by atoms with Gasteiger partial charge < -0.3 is 29.4 Å². The van der Waals surface area contributed by atoms with Crippen molar-refractivity contribution in [2.75, 3.05) is 40.5 Å². The number of likely N-dealkylation sites (tertiary alicyclic amines) is 1. The standard InChI is InChI=1S/C24H35N3O2.C10H12O2/c1-17-5-4-13-27(16-17)14-12-18-8-10-19(11-9-18)25-24(28)22-15-20-21(26-22)6-3-7-23(20)29-2;1-7-6-12-10-5-8(11-2)3-4-9(7)10/h3,6-7,15,17-19,26H,4-5,8-14,16H2,1-2H3,(H,25,28);3-5,7H,6H2,1-2H3/t17-,18?,19?;/m1./s1. The minimum Gasteiger partial charge on any atom is -0.497 e. The van der Waals surface area contributed by atoms with Gasteiger partial charge in [0.2, 0.25) is 0 Å². The van der Waals surface area contributed by atoms with Gasteiger partial charge in [-0.1, -0.05) is 26.0 Å². The first kappa shape index (κ1) is 29.3. The van der Waals surface area contributed by atoms with Crippen molar-refractivity contribution >= 4 is 16.8 Å². The lowest BCUT2D eigenvalue weighted by Crippen LogP contribution is -2.39. The molecule has 2 aliphatic heterocycles. The van der Waals surface area contributed by atoms with Crippen molar-refractivity contribution in [2.24, 2.45) is 11.8 Å². The van der Waals surface area contributed by atoms with E-state index >= 15 is 0 Å². The monoisotopic (exact) mass is 561 g/mol. The molecule has 1 aliphatic carbocycles. The molecule has 3 aromatic rings. The van der Waals surface area contributed by atoms with Crippen molar-refractivity contribution in [1.29, 1.82) is 0 Å². The van der Waals surface area contributed by atoms with E-state index in [0.717, 1.165) is 59.4 Å². The van der Waals surface area contributed by atoms with Gasteiger partial charge in [-0.25, -0.2) is 0 Å². The van der Waals surface area contributed by atoms with Crippen LogP contribution in [0.5, 0.6) is 17.2 Å². The number of methoxy groups -OCH3 is 2. The molecule has 1 saturated heterocycles. The van der Waals surface area contributed by atoms with E-state index in [-0.39, 0.29) is 5.91 Å². The summed E-state index contributed by atoms with van der Waals surface area (Å²) in [7, 11) is 3.33. The van der Waals surface area contributed by atoms with Crippen molar-refractivity contribution in [3.63, 3.8) is 0 Å². The lowest BCUT2D eigenvalue weighted by Gasteiger charge is -2.34. The Morgan fingerprint density at radius 3 is 2.63 bits per heavy atom. The first-order chi connectivity index (χ1) is 19.9. The Hall–Kier alpha value is -3.19. The number of carbonyl (C=O) groups excluding carboxylic acids is 1. The van der Waals surface area contributed by atoms with Gasteiger partial charge in [0.25, 0.3) is 5.91 Å². The highest BCUT2D eigenvalue weighted by Crippen LogP contribution is 2.36. The first-order valence-electron chi connectivity index (χ1n) is 15.4. The summed E-state index contributed by atoms with van der Waals surface area (Å²) in [6.07, 6.45) is 8.72. The van der Waals surface area contributed by atoms with Crippen LogP contribution in [0.2, 0.25) is 0 Å². The van der Waals surface area contributed by atoms with Crippen molar-refractivity contribution in [2.45, 2.75) is 70.8 Å². The molecule has 1 aromatic heterocycles. The van der Waals surface area contributed by atoms with Crippen molar-refractivity contribution < 1.29 is 19.0 Å². The molecule has 0 radical (unpaired) electrons. The zero-order valence-corrected chi connectivity index (χ0v) is 25.2. The molecular formula is C34H47N3O4. The van der Waals surface area contributed by atoms with Crippen LogP contribution in [0.1, 0.15) is 80.8 Å². The second kappa shape index (κ2) is 13.6. The van der Waals surface area contributed by atoms with Gasteiger partial charge in [-0.3, -0.25) is 4.79 Å². The molecule has 222 valence electrons. The Labute approximate surface area is 244 Å². The number of benzene rings is 2. The van der Waals surface area contributed by atoms with E-state index in [1.807, 2.05) is 36.4 Å². The molecule has 2 fully saturated rings. The number of piperidine rings is 1. The maximum absolute atomic E-state index is 12.7. The van der Waals surface area contributed by atoms with Crippen LogP contribution in [0.15, 0.2) is 42.5 Å². The summed E-state index contributed by atoms with van der Waals surface area (Å²) in [4.78, 5) is 18.6. The molecule has 1 amide bonds. The smallest absolute Gasteiger partial charge is 0.267 e. The molecule has 7 heteroatoms. The number of hydrogen-bond donors (Lipinski definition) is 2. The first-order valence-corrected chi connectivity index (χ1v) is 15.4. The Morgan fingerprint density at radius 2 is 1.88 bits per heavy atom. The molecule has 7 nitrogen and oxygen atoms in total. The van der Waals surface area contributed by atoms with E-state index in [9.17, 15) is 4.79 Å². The normalized spacial score (nSPS) is 24.1. The summed E-state index contributed by atoms with van der Waals surface area (Å²) < 4.78 is 16.0. The molecule has 2 aromatic carbocycles. The van der Waals surface area contributed by atoms with Crippen LogP contribution < -0.4 is 19.5 Å². The summed E-state index contributed by atoms with van der Waals surface area (Å²) in [5.74, 6) is 4.82. The zero-order valence-electron chi connectivity index (χ0n) is 25.2. The number of H-pyrrole nitrogens is 1. The molecule has 0 spiro atoms. The van der Waals surface area contributed by atoms with Gasteiger partial charge in [-0.2, -0.15) is 0 Å². The Morgan fingerprint density at radius 1 is 1.05 bits per heavy atom. The summed E-state index contributed by atoms with van der Waals surface area (Å²) in [6.45, 7) is 9.15. The lowest BCUT2D eigenvalue weighted by atomic mass is 9.83. The van der Waals surface area contributed by atoms with Crippen LogP contribution in [0.25, 0.3) is 10.9 Å². The van der Waals surface area contributed by atoms with Crippen LogP contribution in [-0.2, 0) is 0 Å².